The van der Waals surface area contributed by atoms with Gasteiger partial charge >= 0.3 is 0 Å². The van der Waals surface area contributed by atoms with Crippen LogP contribution in [0.25, 0.3) is 0 Å². The number of aliphatic hydroxyl groups is 1. The van der Waals surface area contributed by atoms with Gasteiger partial charge in [-0.05, 0) is 17.7 Å². The number of benzene rings is 2. The topological polar surface area (TPSA) is 20.2 Å². The molecule has 1 N–H and O–H groups in total. The first-order chi connectivity index (χ1) is 8.11. The van der Waals surface area contributed by atoms with Gasteiger partial charge in [-0.25, -0.2) is 8.78 Å². The van der Waals surface area contributed by atoms with E-state index in [-0.39, 0.29) is 5.56 Å². The normalized spacial score (nSPS) is 12.5. The van der Waals surface area contributed by atoms with Crippen molar-refractivity contribution >= 4 is 15.9 Å². The maximum atomic E-state index is 13.6. The summed E-state index contributed by atoms with van der Waals surface area (Å²) in [5.74, 6) is -2.01. The monoisotopic (exact) mass is 298 g/mol. The van der Waals surface area contributed by atoms with Gasteiger partial charge in [0.25, 0.3) is 0 Å². The summed E-state index contributed by atoms with van der Waals surface area (Å²) in [4.78, 5) is 0. The van der Waals surface area contributed by atoms with Crippen molar-refractivity contribution in [3.05, 3.63) is 69.7 Å². The lowest BCUT2D eigenvalue weighted by Crippen LogP contribution is -2.05. The average Bonchev–Trinajstić information content (AvgIpc) is 2.35. The van der Waals surface area contributed by atoms with E-state index in [0.717, 1.165) is 6.07 Å². The minimum atomic E-state index is -1.19. The quantitative estimate of drug-likeness (QED) is 0.836. The highest BCUT2D eigenvalue weighted by molar-refractivity contribution is 9.10. The molecule has 0 aliphatic rings. The third-order valence-electron chi connectivity index (χ3n) is 2.47. The van der Waals surface area contributed by atoms with Crippen LogP contribution in [0.3, 0.4) is 0 Å². The van der Waals surface area contributed by atoms with Crippen LogP contribution in [-0.2, 0) is 0 Å². The van der Waals surface area contributed by atoms with Crippen molar-refractivity contribution < 1.29 is 13.9 Å². The lowest BCUT2D eigenvalue weighted by Gasteiger charge is -2.14. The predicted molar refractivity (Wildman–Crippen MR) is 64.6 cm³/mol. The minimum Gasteiger partial charge on any atom is -0.384 e. The van der Waals surface area contributed by atoms with Crippen LogP contribution in [0, 0.1) is 11.6 Å². The van der Waals surface area contributed by atoms with E-state index in [4.69, 9.17) is 0 Å². The third kappa shape index (κ3) is 2.37. The van der Waals surface area contributed by atoms with Gasteiger partial charge in [-0.15, -0.1) is 0 Å². The Kier molecular flexibility index (Phi) is 3.54. The maximum absolute atomic E-state index is 13.6. The van der Waals surface area contributed by atoms with Crippen LogP contribution >= 0.6 is 15.9 Å². The molecular formula is C13H9BrF2O. The first-order valence-electron chi connectivity index (χ1n) is 4.97. The van der Waals surface area contributed by atoms with Gasteiger partial charge in [0.05, 0.1) is 0 Å². The van der Waals surface area contributed by atoms with Crippen molar-refractivity contribution in [3.8, 4) is 0 Å². The number of aliphatic hydroxyl groups excluding tert-OH is 1. The van der Waals surface area contributed by atoms with Crippen molar-refractivity contribution in [1.29, 1.82) is 0 Å². The second kappa shape index (κ2) is 4.94. The number of rotatable bonds is 2. The summed E-state index contributed by atoms with van der Waals surface area (Å²) in [6.45, 7) is 0. The number of hydrogen-bond donors (Lipinski definition) is 1. The molecule has 0 radical (unpaired) electrons. The van der Waals surface area contributed by atoms with Crippen molar-refractivity contribution in [2.45, 2.75) is 6.10 Å². The Morgan fingerprint density at radius 1 is 1.00 bits per heavy atom. The van der Waals surface area contributed by atoms with Crippen molar-refractivity contribution in [1.82, 2.24) is 0 Å². The second-order valence-electron chi connectivity index (χ2n) is 3.57. The van der Waals surface area contributed by atoms with Gasteiger partial charge in [0.2, 0.25) is 0 Å². The summed E-state index contributed by atoms with van der Waals surface area (Å²) in [6, 6.07) is 10.9. The average molecular weight is 299 g/mol. The Bertz CT molecular complexity index is 528. The fourth-order valence-electron chi connectivity index (χ4n) is 1.60. The first-order valence-corrected chi connectivity index (χ1v) is 5.77. The molecule has 4 heteroatoms. The molecule has 0 fully saturated rings. The molecule has 2 aromatic carbocycles. The SMILES string of the molecule is OC(c1ccccc1)c1c(Br)ccc(F)c1F. The Labute approximate surface area is 106 Å². The van der Waals surface area contributed by atoms with Crippen LogP contribution in [-0.4, -0.2) is 5.11 Å². The van der Waals surface area contributed by atoms with E-state index >= 15 is 0 Å². The summed E-state index contributed by atoms with van der Waals surface area (Å²) < 4.78 is 27.1. The standard InChI is InChI=1S/C13H9BrF2O/c14-9-6-7-10(15)12(16)11(9)13(17)8-4-2-1-3-5-8/h1-7,13,17H. The van der Waals surface area contributed by atoms with Gasteiger partial charge in [-0.2, -0.15) is 0 Å². The van der Waals surface area contributed by atoms with E-state index in [1.165, 1.54) is 6.07 Å². The molecule has 0 aliphatic carbocycles. The zero-order chi connectivity index (χ0) is 12.4. The van der Waals surface area contributed by atoms with E-state index in [1.807, 2.05) is 0 Å². The molecule has 1 unspecified atom stereocenters. The number of halogens is 3. The molecule has 1 nitrogen and oxygen atoms in total. The summed E-state index contributed by atoms with van der Waals surface area (Å²) in [7, 11) is 0. The van der Waals surface area contributed by atoms with E-state index in [0.29, 0.717) is 10.0 Å². The molecule has 0 spiro atoms. The molecule has 2 rings (SSSR count). The van der Waals surface area contributed by atoms with Gasteiger partial charge in [-0.1, -0.05) is 46.3 Å². The third-order valence-corrected chi connectivity index (χ3v) is 3.16. The zero-order valence-corrected chi connectivity index (χ0v) is 10.3. The Morgan fingerprint density at radius 3 is 2.29 bits per heavy atom. The highest BCUT2D eigenvalue weighted by atomic mass is 79.9. The van der Waals surface area contributed by atoms with E-state index in [9.17, 15) is 13.9 Å². The predicted octanol–water partition coefficient (Wildman–Crippen LogP) is 3.81. The van der Waals surface area contributed by atoms with Gasteiger partial charge < -0.3 is 5.11 Å². The van der Waals surface area contributed by atoms with Crippen molar-refractivity contribution in [3.63, 3.8) is 0 Å². The molecule has 88 valence electrons. The van der Waals surface area contributed by atoms with Gasteiger partial charge in [-0.3, -0.25) is 0 Å². The van der Waals surface area contributed by atoms with Crippen LogP contribution in [0.1, 0.15) is 17.2 Å². The molecule has 0 heterocycles. The molecule has 2 aromatic rings. The van der Waals surface area contributed by atoms with Crippen LogP contribution in [0.2, 0.25) is 0 Å². The molecule has 0 amide bonds. The molecule has 0 saturated carbocycles. The summed E-state index contributed by atoms with van der Waals surface area (Å²) >= 11 is 3.11. The second-order valence-corrected chi connectivity index (χ2v) is 4.42. The minimum absolute atomic E-state index is 0.0869. The van der Waals surface area contributed by atoms with Crippen molar-refractivity contribution in [2.75, 3.05) is 0 Å². The Balaban J connectivity index is 2.51. The van der Waals surface area contributed by atoms with E-state index < -0.39 is 17.7 Å². The van der Waals surface area contributed by atoms with E-state index in [2.05, 4.69) is 15.9 Å². The van der Waals surface area contributed by atoms with Crippen LogP contribution in [0.4, 0.5) is 8.78 Å². The Hall–Kier alpha value is -1.26. The summed E-state index contributed by atoms with van der Waals surface area (Å²) in [5, 5.41) is 10.0. The lowest BCUT2D eigenvalue weighted by atomic mass is 10.0. The van der Waals surface area contributed by atoms with Crippen LogP contribution in [0.5, 0.6) is 0 Å². The molecule has 0 aromatic heterocycles. The molecule has 0 saturated heterocycles. The molecule has 17 heavy (non-hydrogen) atoms. The fourth-order valence-corrected chi connectivity index (χ4v) is 2.12. The fraction of sp³-hybridized carbons (Fsp3) is 0.0769. The largest absolute Gasteiger partial charge is 0.384 e. The molecule has 1 atom stereocenters. The summed E-state index contributed by atoms with van der Waals surface area (Å²) in [6.07, 6.45) is -1.19. The molecule has 0 bridgehead atoms. The Morgan fingerprint density at radius 2 is 1.65 bits per heavy atom. The number of hydrogen-bond acceptors (Lipinski definition) is 1. The van der Waals surface area contributed by atoms with Gasteiger partial charge in [0.15, 0.2) is 11.6 Å². The van der Waals surface area contributed by atoms with Gasteiger partial charge in [0, 0.05) is 10.0 Å². The first kappa shape index (κ1) is 12.2. The zero-order valence-electron chi connectivity index (χ0n) is 8.70. The van der Waals surface area contributed by atoms with Gasteiger partial charge in [0.1, 0.15) is 6.10 Å². The smallest absolute Gasteiger partial charge is 0.166 e. The molecule has 0 aliphatic heterocycles. The maximum Gasteiger partial charge on any atom is 0.166 e. The lowest BCUT2D eigenvalue weighted by molar-refractivity contribution is 0.212. The van der Waals surface area contributed by atoms with Crippen LogP contribution in [0.15, 0.2) is 46.9 Å². The summed E-state index contributed by atoms with van der Waals surface area (Å²) in [5.41, 5.74) is 0.425. The molecular weight excluding hydrogens is 290 g/mol. The van der Waals surface area contributed by atoms with E-state index in [1.54, 1.807) is 30.3 Å². The highest BCUT2D eigenvalue weighted by Gasteiger charge is 2.20. The van der Waals surface area contributed by atoms with Crippen LogP contribution < -0.4 is 0 Å². The highest BCUT2D eigenvalue weighted by Crippen LogP contribution is 2.31. The van der Waals surface area contributed by atoms with Crippen molar-refractivity contribution in [2.24, 2.45) is 0 Å².